The van der Waals surface area contributed by atoms with Crippen molar-refractivity contribution in [2.45, 2.75) is 142 Å². The van der Waals surface area contributed by atoms with Crippen molar-refractivity contribution in [1.82, 2.24) is 0 Å². The van der Waals surface area contributed by atoms with Crippen LogP contribution in [0.15, 0.2) is 72.9 Å². The fraction of sp³-hybridized carbons (Fsp3) is 0.651. The summed E-state index contributed by atoms with van der Waals surface area (Å²) >= 11 is 0. The number of rotatable bonds is 33. The normalized spacial score (nSPS) is 13.8. The van der Waals surface area contributed by atoms with Crippen molar-refractivity contribution in [2.24, 2.45) is 0 Å². The van der Waals surface area contributed by atoms with E-state index in [-0.39, 0.29) is 36.7 Å². The van der Waals surface area contributed by atoms with Crippen LogP contribution in [-0.2, 0) is 28.6 Å². The standard InChI is InChI=1S/C43H71NO7/c1-6-8-10-12-14-16-17-18-19-20-21-22-23-24-25-26-28-30-32-34-42(46)51-39(37-49-36-35-40(43(47)48)44(3,4)5)38-50-41(45)33-31-29-27-15-13-11-9-7-2/h8,10,14,16,18-19,21-22,24-25,28,30,39-40H,6-7,9,11-13,15,17,20,23,26-27,29,31-38H2,1-5H3/p+1/b10-8+,16-14+,19-18+,22-21+,25-24+,30-28+. The van der Waals surface area contributed by atoms with E-state index in [2.05, 4.69) is 74.6 Å². The summed E-state index contributed by atoms with van der Waals surface area (Å²) < 4.78 is 17.1. The van der Waals surface area contributed by atoms with Crippen LogP contribution in [0.3, 0.4) is 0 Å². The average Bonchev–Trinajstić information content (AvgIpc) is 3.08. The number of carbonyl (C=O) groups excluding carboxylic acids is 2. The highest BCUT2D eigenvalue weighted by molar-refractivity contribution is 5.72. The molecule has 0 bridgehead atoms. The third kappa shape index (κ3) is 32.4. The van der Waals surface area contributed by atoms with Gasteiger partial charge in [0, 0.05) is 19.3 Å². The summed E-state index contributed by atoms with van der Waals surface area (Å²) in [5.41, 5.74) is 0. The molecule has 0 aromatic rings. The molecule has 0 aromatic carbocycles. The molecular weight excluding hydrogens is 642 g/mol. The van der Waals surface area contributed by atoms with E-state index in [1.165, 1.54) is 32.1 Å². The maximum Gasteiger partial charge on any atom is 0.362 e. The minimum Gasteiger partial charge on any atom is -0.477 e. The molecule has 8 nitrogen and oxygen atoms in total. The summed E-state index contributed by atoms with van der Waals surface area (Å²) in [6.07, 6.45) is 41.1. The van der Waals surface area contributed by atoms with Gasteiger partial charge in [-0.1, -0.05) is 132 Å². The van der Waals surface area contributed by atoms with Gasteiger partial charge in [-0.3, -0.25) is 9.59 Å². The predicted octanol–water partition coefficient (Wildman–Crippen LogP) is 10.0. The Labute approximate surface area is 311 Å². The van der Waals surface area contributed by atoms with Crippen molar-refractivity contribution in [3.63, 3.8) is 0 Å². The van der Waals surface area contributed by atoms with Gasteiger partial charge in [-0.25, -0.2) is 4.79 Å². The van der Waals surface area contributed by atoms with Gasteiger partial charge in [0.2, 0.25) is 0 Å². The maximum absolute atomic E-state index is 12.6. The zero-order valence-corrected chi connectivity index (χ0v) is 32.8. The Hall–Kier alpha value is -3.23. The lowest BCUT2D eigenvalue weighted by molar-refractivity contribution is -0.887. The van der Waals surface area contributed by atoms with Crippen LogP contribution >= 0.6 is 0 Å². The zero-order valence-electron chi connectivity index (χ0n) is 32.8. The topological polar surface area (TPSA) is 99.1 Å². The molecule has 0 heterocycles. The Morgan fingerprint density at radius 3 is 1.59 bits per heavy atom. The minimum atomic E-state index is -0.890. The van der Waals surface area contributed by atoms with Gasteiger partial charge in [0.1, 0.15) is 6.61 Å². The van der Waals surface area contributed by atoms with E-state index >= 15 is 0 Å². The summed E-state index contributed by atoms with van der Waals surface area (Å²) in [6.45, 7) is 4.48. The first-order valence-corrected chi connectivity index (χ1v) is 19.5. The van der Waals surface area contributed by atoms with Gasteiger partial charge < -0.3 is 23.8 Å². The summed E-state index contributed by atoms with van der Waals surface area (Å²) in [4.78, 5) is 36.7. The molecule has 8 heteroatoms. The largest absolute Gasteiger partial charge is 0.477 e. The molecule has 0 fully saturated rings. The monoisotopic (exact) mass is 715 g/mol. The highest BCUT2D eigenvalue weighted by Crippen LogP contribution is 2.12. The zero-order chi connectivity index (χ0) is 37.8. The number of aliphatic carboxylic acids is 1. The van der Waals surface area contributed by atoms with Gasteiger partial charge in [-0.05, 0) is 51.4 Å². The molecule has 0 saturated carbocycles. The number of unbranched alkanes of at least 4 members (excludes halogenated alkanes) is 7. The number of carboxylic acids is 1. The van der Waals surface area contributed by atoms with Crippen LogP contribution in [0.4, 0.5) is 0 Å². The van der Waals surface area contributed by atoms with Crippen LogP contribution in [0.25, 0.3) is 0 Å². The highest BCUT2D eigenvalue weighted by Gasteiger charge is 2.31. The Bertz CT molecular complexity index is 1060. The second-order valence-electron chi connectivity index (χ2n) is 13.8. The molecule has 0 aromatic heterocycles. The molecule has 0 aliphatic heterocycles. The molecule has 1 N–H and O–H groups in total. The molecule has 0 radical (unpaired) electrons. The molecule has 0 saturated heterocycles. The Morgan fingerprint density at radius 2 is 1.10 bits per heavy atom. The number of hydrogen-bond acceptors (Lipinski definition) is 6. The molecule has 51 heavy (non-hydrogen) atoms. The number of carbonyl (C=O) groups is 3. The summed E-state index contributed by atoms with van der Waals surface area (Å²) in [5.74, 6) is -1.59. The Morgan fingerprint density at radius 1 is 0.608 bits per heavy atom. The number of allylic oxidation sites excluding steroid dienone is 12. The molecular formula is C43H72NO7+. The molecule has 2 atom stereocenters. The quantitative estimate of drug-likeness (QED) is 0.0313. The van der Waals surface area contributed by atoms with E-state index in [0.29, 0.717) is 19.3 Å². The number of hydrogen-bond donors (Lipinski definition) is 1. The Balaban J connectivity index is 4.53. The molecule has 0 rings (SSSR count). The first kappa shape index (κ1) is 47.8. The third-order valence-corrected chi connectivity index (χ3v) is 8.13. The second-order valence-corrected chi connectivity index (χ2v) is 13.8. The van der Waals surface area contributed by atoms with Crippen molar-refractivity contribution in [2.75, 3.05) is 41.0 Å². The fourth-order valence-corrected chi connectivity index (χ4v) is 5.11. The Kier molecular flexibility index (Phi) is 31.7. The predicted molar refractivity (Wildman–Crippen MR) is 210 cm³/mol. The fourth-order valence-electron chi connectivity index (χ4n) is 5.11. The van der Waals surface area contributed by atoms with Crippen LogP contribution in [-0.4, -0.2) is 80.6 Å². The van der Waals surface area contributed by atoms with Crippen molar-refractivity contribution in [3.8, 4) is 0 Å². The summed E-state index contributed by atoms with van der Waals surface area (Å²) in [7, 11) is 5.48. The maximum atomic E-state index is 12.6. The lowest BCUT2D eigenvalue weighted by atomic mass is 10.1. The summed E-state index contributed by atoms with van der Waals surface area (Å²) in [5, 5.41) is 9.57. The van der Waals surface area contributed by atoms with E-state index in [9.17, 15) is 19.5 Å². The van der Waals surface area contributed by atoms with Gasteiger partial charge in [-0.15, -0.1) is 0 Å². The number of likely N-dealkylation sites (N-methyl/N-ethyl adjacent to an activating group) is 1. The smallest absolute Gasteiger partial charge is 0.362 e. The summed E-state index contributed by atoms with van der Waals surface area (Å²) in [6, 6.07) is -0.628. The van der Waals surface area contributed by atoms with Crippen molar-refractivity contribution in [1.29, 1.82) is 0 Å². The van der Waals surface area contributed by atoms with E-state index in [4.69, 9.17) is 14.2 Å². The SMILES string of the molecule is CC/C=C/C/C=C/C/C=C/C/C=C/C/C=C/C/C=C/CCC(=O)OC(COCCC(C(=O)O)[N+](C)(C)C)COC(=O)CCCCCCCCCC. The minimum absolute atomic E-state index is 0.0279. The van der Waals surface area contributed by atoms with E-state index in [1.807, 2.05) is 33.3 Å². The molecule has 0 spiro atoms. The number of esters is 2. The van der Waals surface area contributed by atoms with Gasteiger partial charge in [0.15, 0.2) is 12.1 Å². The van der Waals surface area contributed by atoms with Crippen LogP contribution in [0.2, 0.25) is 0 Å². The first-order valence-electron chi connectivity index (χ1n) is 19.5. The second kappa shape index (κ2) is 33.9. The van der Waals surface area contributed by atoms with Gasteiger partial charge in [-0.2, -0.15) is 0 Å². The number of quaternary nitrogens is 1. The lowest BCUT2D eigenvalue weighted by Crippen LogP contribution is -2.50. The van der Waals surface area contributed by atoms with Crippen molar-refractivity contribution in [3.05, 3.63) is 72.9 Å². The van der Waals surface area contributed by atoms with Crippen LogP contribution < -0.4 is 0 Å². The molecule has 0 aliphatic carbocycles. The molecule has 0 aliphatic rings. The van der Waals surface area contributed by atoms with Crippen LogP contribution in [0.1, 0.15) is 129 Å². The number of carboxylic acid groups (broad SMARTS) is 1. The van der Waals surface area contributed by atoms with Crippen LogP contribution in [0, 0.1) is 0 Å². The van der Waals surface area contributed by atoms with Crippen molar-refractivity contribution >= 4 is 17.9 Å². The first-order chi connectivity index (χ1) is 24.6. The average molecular weight is 715 g/mol. The van der Waals surface area contributed by atoms with Gasteiger partial charge in [0.25, 0.3) is 0 Å². The van der Waals surface area contributed by atoms with Gasteiger partial charge in [0.05, 0.1) is 34.4 Å². The molecule has 2 unspecified atom stereocenters. The van der Waals surface area contributed by atoms with E-state index in [0.717, 1.165) is 57.8 Å². The van der Waals surface area contributed by atoms with E-state index in [1.54, 1.807) is 0 Å². The lowest BCUT2D eigenvalue weighted by Gasteiger charge is -2.31. The third-order valence-electron chi connectivity index (χ3n) is 8.13. The number of ether oxygens (including phenoxy) is 3. The molecule has 290 valence electrons. The highest BCUT2D eigenvalue weighted by atomic mass is 16.6. The van der Waals surface area contributed by atoms with E-state index < -0.39 is 24.1 Å². The number of nitrogens with zero attached hydrogens (tertiary/aromatic N) is 1. The van der Waals surface area contributed by atoms with Gasteiger partial charge >= 0.3 is 17.9 Å². The van der Waals surface area contributed by atoms with Crippen molar-refractivity contribution < 1.29 is 38.2 Å². The molecule has 0 amide bonds. The van der Waals surface area contributed by atoms with Crippen LogP contribution in [0.5, 0.6) is 0 Å².